The van der Waals surface area contributed by atoms with Gasteiger partial charge in [0.1, 0.15) is 18.3 Å². The monoisotopic (exact) mass is 304 g/mol. The average molecular weight is 304 g/mol. The van der Waals surface area contributed by atoms with Gasteiger partial charge in [-0.05, 0) is 0 Å². The molecule has 1 saturated heterocycles. The van der Waals surface area contributed by atoms with Crippen LogP contribution in [0.15, 0.2) is 0 Å². The Morgan fingerprint density at radius 2 is 1.85 bits per heavy atom. The standard InChI is InChI=1S/C7H13IO5/c1-12-7-6(11)5(10)4(9)3(2-8)13-7/h3-7,9-11H,2H2,1H3/t3-,4+,5+,6-,7?/m1/s1. The largest absolute Gasteiger partial charge is 0.388 e. The third-order valence-corrected chi connectivity index (χ3v) is 2.92. The van der Waals surface area contributed by atoms with Crippen molar-refractivity contribution in [1.29, 1.82) is 0 Å². The van der Waals surface area contributed by atoms with Crippen molar-refractivity contribution < 1.29 is 24.8 Å². The molecule has 78 valence electrons. The smallest absolute Gasteiger partial charge is 0.186 e. The van der Waals surface area contributed by atoms with E-state index in [4.69, 9.17) is 9.47 Å². The average Bonchev–Trinajstić information content (AvgIpc) is 2.15. The van der Waals surface area contributed by atoms with Crippen LogP contribution in [0.4, 0.5) is 0 Å². The van der Waals surface area contributed by atoms with Crippen LogP contribution in [0.3, 0.4) is 0 Å². The van der Waals surface area contributed by atoms with E-state index in [1.165, 1.54) is 7.11 Å². The molecule has 0 aromatic rings. The van der Waals surface area contributed by atoms with Crippen LogP contribution in [0.1, 0.15) is 0 Å². The summed E-state index contributed by atoms with van der Waals surface area (Å²) in [4.78, 5) is 0. The van der Waals surface area contributed by atoms with E-state index in [0.717, 1.165) is 0 Å². The first-order valence-electron chi connectivity index (χ1n) is 3.90. The van der Waals surface area contributed by atoms with Gasteiger partial charge in [-0.3, -0.25) is 0 Å². The fraction of sp³-hybridized carbons (Fsp3) is 1.00. The van der Waals surface area contributed by atoms with Crippen LogP contribution in [0.2, 0.25) is 0 Å². The molecule has 3 N–H and O–H groups in total. The van der Waals surface area contributed by atoms with Crippen LogP contribution in [0.25, 0.3) is 0 Å². The summed E-state index contributed by atoms with van der Waals surface area (Å²) in [7, 11) is 1.38. The summed E-state index contributed by atoms with van der Waals surface area (Å²) < 4.78 is 10.5. The van der Waals surface area contributed by atoms with E-state index >= 15 is 0 Å². The van der Waals surface area contributed by atoms with Crippen molar-refractivity contribution >= 4 is 22.6 Å². The SMILES string of the molecule is COC1O[C@H](CI)[C@H](O)[C@H](O)[C@H]1O. The molecule has 0 spiro atoms. The predicted molar refractivity (Wildman–Crippen MR) is 52.6 cm³/mol. The summed E-state index contributed by atoms with van der Waals surface area (Å²) in [6.07, 6.45) is -4.82. The summed E-state index contributed by atoms with van der Waals surface area (Å²) >= 11 is 2.03. The van der Waals surface area contributed by atoms with Crippen molar-refractivity contribution in [1.82, 2.24) is 0 Å². The molecule has 0 aromatic heterocycles. The zero-order valence-electron chi connectivity index (χ0n) is 7.13. The van der Waals surface area contributed by atoms with Crippen LogP contribution in [0, 0.1) is 0 Å². The third kappa shape index (κ3) is 2.31. The van der Waals surface area contributed by atoms with Crippen LogP contribution < -0.4 is 0 Å². The van der Waals surface area contributed by atoms with E-state index in [9.17, 15) is 15.3 Å². The van der Waals surface area contributed by atoms with Crippen LogP contribution in [0.5, 0.6) is 0 Å². The van der Waals surface area contributed by atoms with Gasteiger partial charge in [-0.2, -0.15) is 0 Å². The Balaban J connectivity index is 2.66. The zero-order chi connectivity index (χ0) is 10.0. The van der Waals surface area contributed by atoms with Gasteiger partial charge in [0, 0.05) is 11.5 Å². The number of rotatable bonds is 2. The second kappa shape index (κ2) is 4.85. The van der Waals surface area contributed by atoms with Crippen molar-refractivity contribution in [3.05, 3.63) is 0 Å². The number of alkyl halides is 1. The van der Waals surface area contributed by atoms with Gasteiger partial charge >= 0.3 is 0 Å². The van der Waals surface area contributed by atoms with Gasteiger partial charge in [0.05, 0.1) is 6.10 Å². The number of hydrogen-bond acceptors (Lipinski definition) is 5. The maximum atomic E-state index is 9.43. The van der Waals surface area contributed by atoms with Crippen LogP contribution >= 0.6 is 22.6 Å². The van der Waals surface area contributed by atoms with E-state index in [1.54, 1.807) is 0 Å². The first-order valence-corrected chi connectivity index (χ1v) is 5.42. The molecule has 0 radical (unpaired) electrons. The van der Waals surface area contributed by atoms with E-state index in [-0.39, 0.29) is 0 Å². The number of methoxy groups -OCH3 is 1. The topological polar surface area (TPSA) is 79.2 Å². The van der Waals surface area contributed by atoms with Crippen molar-refractivity contribution in [3.63, 3.8) is 0 Å². The van der Waals surface area contributed by atoms with E-state index in [0.29, 0.717) is 4.43 Å². The molecule has 0 saturated carbocycles. The van der Waals surface area contributed by atoms with Crippen LogP contribution in [-0.2, 0) is 9.47 Å². The summed E-state index contributed by atoms with van der Waals surface area (Å²) in [5, 5.41) is 28.2. The maximum Gasteiger partial charge on any atom is 0.186 e. The molecule has 0 amide bonds. The van der Waals surface area contributed by atoms with E-state index in [2.05, 4.69) is 0 Å². The van der Waals surface area contributed by atoms with Gasteiger partial charge in [-0.25, -0.2) is 0 Å². The Kier molecular flexibility index (Phi) is 4.33. The second-order valence-corrected chi connectivity index (χ2v) is 3.79. The summed E-state index contributed by atoms with van der Waals surface area (Å²) in [6.45, 7) is 0. The van der Waals surface area contributed by atoms with Gasteiger partial charge in [0.2, 0.25) is 0 Å². The normalized spacial score (nSPS) is 46.4. The summed E-state index contributed by atoms with van der Waals surface area (Å²) in [5.74, 6) is 0. The maximum absolute atomic E-state index is 9.43. The summed E-state index contributed by atoms with van der Waals surface area (Å²) in [5.41, 5.74) is 0. The lowest BCUT2D eigenvalue weighted by Crippen LogP contribution is -2.58. The highest BCUT2D eigenvalue weighted by Crippen LogP contribution is 2.22. The highest BCUT2D eigenvalue weighted by Gasteiger charge is 2.43. The highest BCUT2D eigenvalue weighted by atomic mass is 127. The molecule has 1 unspecified atom stereocenters. The Bertz CT molecular complexity index is 147. The second-order valence-electron chi connectivity index (χ2n) is 2.90. The van der Waals surface area contributed by atoms with Gasteiger partial charge in [0.15, 0.2) is 6.29 Å². The fourth-order valence-electron chi connectivity index (χ4n) is 1.24. The molecule has 6 heteroatoms. The molecule has 0 aliphatic carbocycles. The molecule has 13 heavy (non-hydrogen) atoms. The first-order chi connectivity index (χ1) is 6.11. The van der Waals surface area contributed by atoms with Crippen molar-refractivity contribution in [2.45, 2.75) is 30.7 Å². The lowest BCUT2D eigenvalue weighted by atomic mass is 10.0. The number of halogens is 1. The molecule has 1 rings (SSSR count). The molecule has 0 aromatic carbocycles. The molecular weight excluding hydrogens is 291 g/mol. The van der Waals surface area contributed by atoms with Crippen molar-refractivity contribution in [3.8, 4) is 0 Å². The van der Waals surface area contributed by atoms with Gasteiger partial charge in [-0.15, -0.1) is 0 Å². The van der Waals surface area contributed by atoms with Gasteiger partial charge in [-0.1, -0.05) is 22.6 Å². The van der Waals surface area contributed by atoms with Crippen LogP contribution in [-0.4, -0.2) is 57.6 Å². The minimum absolute atomic E-state index is 0.496. The minimum Gasteiger partial charge on any atom is -0.388 e. The molecule has 5 nitrogen and oxygen atoms in total. The molecule has 1 fully saturated rings. The Morgan fingerprint density at radius 1 is 1.23 bits per heavy atom. The molecule has 1 aliphatic heterocycles. The quantitative estimate of drug-likeness (QED) is 0.445. The Morgan fingerprint density at radius 3 is 2.31 bits per heavy atom. The lowest BCUT2D eigenvalue weighted by molar-refractivity contribution is -0.284. The Labute approximate surface area is 89.8 Å². The minimum atomic E-state index is -1.21. The zero-order valence-corrected chi connectivity index (χ0v) is 9.29. The molecule has 1 aliphatic rings. The number of aliphatic hydroxyl groups excluding tert-OH is 3. The Hall–Kier alpha value is 0.530. The fourth-order valence-corrected chi connectivity index (χ4v) is 1.97. The molecule has 0 bridgehead atoms. The molecular formula is C7H13IO5. The number of hydrogen-bond donors (Lipinski definition) is 3. The summed E-state index contributed by atoms with van der Waals surface area (Å²) in [6, 6.07) is 0. The first kappa shape index (κ1) is 11.6. The van der Waals surface area contributed by atoms with E-state index < -0.39 is 30.7 Å². The molecule has 1 heterocycles. The highest BCUT2D eigenvalue weighted by molar-refractivity contribution is 14.1. The molecule has 5 atom stereocenters. The van der Waals surface area contributed by atoms with Crippen molar-refractivity contribution in [2.75, 3.05) is 11.5 Å². The van der Waals surface area contributed by atoms with E-state index in [1.807, 2.05) is 22.6 Å². The third-order valence-electron chi connectivity index (χ3n) is 2.05. The van der Waals surface area contributed by atoms with Gasteiger partial charge in [0.25, 0.3) is 0 Å². The predicted octanol–water partition coefficient (Wildman–Crippen LogP) is -1.12. The van der Waals surface area contributed by atoms with Crippen molar-refractivity contribution in [2.24, 2.45) is 0 Å². The number of aliphatic hydroxyl groups is 3. The lowest BCUT2D eigenvalue weighted by Gasteiger charge is -2.39. The number of ether oxygens (including phenoxy) is 2. The van der Waals surface area contributed by atoms with Gasteiger partial charge < -0.3 is 24.8 Å².